The minimum Gasteiger partial charge on any atom is -0.480 e. The molecule has 0 aliphatic carbocycles. The van der Waals surface area contributed by atoms with Crippen LogP contribution in [0.15, 0.2) is 29.2 Å². The Hall–Kier alpha value is -1.93. The summed E-state index contributed by atoms with van der Waals surface area (Å²) in [7, 11) is -2.42. The lowest BCUT2D eigenvalue weighted by Gasteiger charge is -2.24. The number of carbonyl (C=O) groups excluding carboxylic acids is 1. The molecule has 1 aromatic rings. The largest absolute Gasteiger partial charge is 0.480 e. The molecule has 1 aliphatic heterocycles. The Kier molecular flexibility index (Phi) is 6.18. The summed E-state index contributed by atoms with van der Waals surface area (Å²) in [4.78, 5) is 25.4. The van der Waals surface area contributed by atoms with Gasteiger partial charge in [0.05, 0.1) is 10.5 Å². The minimum absolute atomic E-state index is 0.0807. The van der Waals surface area contributed by atoms with Crippen LogP contribution in [0.3, 0.4) is 0 Å². The van der Waals surface area contributed by atoms with Crippen LogP contribution in [0.5, 0.6) is 0 Å². The van der Waals surface area contributed by atoms with Crippen LogP contribution in [0.1, 0.15) is 43.0 Å². The van der Waals surface area contributed by atoms with Crippen molar-refractivity contribution in [3.05, 3.63) is 29.8 Å². The molecule has 25 heavy (non-hydrogen) atoms. The fourth-order valence-corrected chi connectivity index (χ4v) is 4.81. The minimum atomic E-state index is -4.06. The van der Waals surface area contributed by atoms with Crippen LogP contribution in [-0.4, -0.2) is 60.8 Å². The van der Waals surface area contributed by atoms with E-state index in [2.05, 4.69) is 0 Å². The fraction of sp³-hybridized carbons (Fsp3) is 0.529. The number of rotatable bonds is 7. The number of unbranched alkanes of at least 4 members (excludes halogenated alkanes) is 1. The number of aliphatic carboxylic acids is 1. The molecule has 0 saturated carbocycles. The topological polar surface area (TPSA) is 95.0 Å². The van der Waals surface area contributed by atoms with E-state index in [1.807, 2.05) is 6.92 Å². The van der Waals surface area contributed by atoms with E-state index in [0.717, 1.165) is 17.1 Å². The highest BCUT2D eigenvalue weighted by Gasteiger charge is 2.40. The molecule has 0 aromatic heterocycles. The van der Waals surface area contributed by atoms with Crippen LogP contribution >= 0.6 is 0 Å². The van der Waals surface area contributed by atoms with Gasteiger partial charge in [-0.05, 0) is 31.4 Å². The summed E-state index contributed by atoms with van der Waals surface area (Å²) in [6.45, 7) is 2.69. The van der Waals surface area contributed by atoms with Crippen molar-refractivity contribution in [2.75, 3.05) is 20.1 Å². The molecule has 0 unspecified atom stereocenters. The summed E-state index contributed by atoms with van der Waals surface area (Å²) in [6, 6.07) is 4.92. The summed E-state index contributed by atoms with van der Waals surface area (Å²) >= 11 is 0. The second-order valence-electron chi connectivity index (χ2n) is 6.19. The highest BCUT2D eigenvalue weighted by molar-refractivity contribution is 7.89. The van der Waals surface area contributed by atoms with Crippen molar-refractivity contribution in [3.63, 3.8) is 0 Å². The van der Waals surface area contributed by atoms with Crippen LogP contribution in [0.25, 0.3) is 0 Å². The maximum atomic E-state index is 13.0. The lowest BCUT2D eigenvalue weighted by Crippen LogP contribution is -2.41. The molecule has 1 aliphatic rings. The third-order valence-electron chi connectivity index (χ3n) is 4.39. The predicted octanol–water partition coefficient (Wildman–Crippen LogP) is 1.80. The molecule has 8 heteroatoms. The number of benzene rings is 1. The van der Waals surface area contributed by atoms with Crippen molar-refractivity contribution in [2.24, 2.45) is 0 Å². The first-order valence-corrected chi connectivity index (χ1v) is 9.83. The molecule has 138 valence electrons. The Balaban J connectivity index is 2.39. The first kappa shape index (κ1) is 19.4. The van der Waals surface area contributed by atoms with Crippen LogP contribution in [0.4, 0.5) is 0 Å². The predicted molar refractivity (Wildman–Crippen MR) is 92.9 cm³/mol. The normalized spacial score (nSPS) is 18.2. The lowest BCUT2D eigenvalue weighted by molar-refractivity contribution is -0.140. The Morgan fingerprint density at radius 1 is 1.32 bits per heavy atom. The Morgan fingerprint density at radius 2 is 2.00 bits per heavy atom. The van der Waals surface area contributed by atoms with Gasteiger partial charge in [-0.1, -0.05) is 25.5 Å². The van der Waals surface area contributed by atoms with Gasteiger partial charge in [0.1, 0.15) is 6.04 Å². The van der Waals surface area contributed by atoms with E-state index < -0.39 is 22.0 Å². The van der Waals surface area contributed by atoms with Crippen LogP contribution in [0.2, 0.25) is 0 Å². The van der Waals surface area contributed by atoms with E-state index in [0.29, 0.717) is 13.0 Å². The van der Waals surface area contributed by atoms with Crippen molar-refractivity contribution >= 4 is 21.9 Å². The molecule has 0 bridgehead atoms. The van der Waals surface area contributed by atoms with Crippen molar-refractivity contribution in [1.82, 2.24) is 9.21 Å². The van der Waals surface area contributed by atoms with Gasteiger partial charge in [0, 0.05) is 20.1 Å². The lowest BCUT2D eigenvalue weighted by atomic mass is 10.2. The smallest absolute Gasteiger partial charge is 0.322 e. The number of carboxylic acid groups (broad SMARTS) is 1. The van der Waals surface area contributed by atoms with E-state index in [-0.39, 0.29) is 29.3 Å². The van der Waals surface area contributed by atoms with Crippen molar-refractivity contribution in [1.29, 1.82) is 0 Å². The van der Waals surface area contributed by atoms with Gasteiger partial charge in [0.25, 0.3) is 5.91 Å². The van der Waals surface area contributed by atoms with Crippen molar-refractivity contribution < 1.29 is 23.1 Å². The average Bonchev–Trinajstić information content (AvgIpc) is 3.10. The fourth-order valence-electron chi connectivity index (χ4n) is 2.97. The summed E-state index contributed by atoms with van der Waals surface area (Å²) in [5.41, 5.74) is 0.0807. The highest BCUT2D eigenvalue weighted by Crippen LogP contribution is 2.28. The van der Waals surface area contributed by atoms with E-state index in [9.17, 15) is 23.1 Å². The Bertz CT molecular complexity index is 747. The van der Waals surface area contributed by atoms with Crippen LogP contribution < -0.4 is 0 Å². The van der Waals surface area contributed by atoms with Crippen LogP contribution in [-0.2, 0) is 14.8 Å². The summed E-state index contributed by atoms with van der Waals surface area (Å²) in [6.07, 6.45) is 2.51. The van der Waals surface area contributed by atoms with Gasteiger partial charge in [0.15, 0.2) is 0 Å². The van der Waals surface area contributed by atoms with E-state index in [4.69, 9.17) is 0 Å². The van der Waals surface area contributed by atoms with Crippen LogP contribution in [0, 0.1) is 0 Å². The number of hydrogen-bond donors (Lipinski definition) is 1. The molecule has 7 nitrogen and oxygen atoms in total. The number of sulfonamides is 1. The molecular weight excluding hydrogens is 344 g/mol. The van der Waals surface area contributed by atoms with Gasteiger partial charge in [-0.15, -0.1) is 0 Å². The number of nitrogens with zero attached hydrogens (tertiary/aromatic N) is 2. The summed E-state index contributed by atoms with van der Waals surface area (Å²) < 4.78 is 27.0. The zero-order valence-electron chi connectivity index (χ0n) is 14.5. The SMILES string of the molecule is CCCCN(C)C(=O)c1ccccc1S(=O)(=O)N1CCC[C@@H]1C(=O)O. The zero-order chi connectivity index (χ0) is 18.6. The van der Waals surface area contributed by atoms with Gasteiger partial charge >= 0.3 is 5.97 Å². The van der Waals surface area contributed by atoms with E-state index in [1.165, 1.54) is 17.0 Å². The quantitative estimate of drug-likeness (QED) is 0.792. The summed E-state index contributed by atoms with van der Waals surface area (Å²) in [5.74, 6) is -1.54. The molecule has 1 amide bonds. The van der Waals surface area contributed by atoms with Gasteiger partial charge < -0.3 is 10.0 Å². The molecular formula is C17H24N2O5S. The van der Waals surface area contributed by atoms with Gasteiger partial charge in [-0.2, -0.15) is 4.31 Å². The molecule has 1 heterocycles. The number of carboxylic acids is 1. The maximum absolute atomic E-state index is 13.0. The summed E-state index contributed by atoms with van der Waals surface area (Å²) in [5, 5.41) is 9.28. The van der Waals surface area contributed by atoms with Crippen molar-refractivity contribution in [2.45, 2.75) is 43.5 Å². The van der Waals surface area contributed by atoms with Gasteiger partial charge in [0.2, 0.25) is 10.0 Å². The Labute approximate surface area is 148 Å². The average molecular weight is 368 g/mol. The first-order valence-electron chi connectivity index (χ1n) is 8.39. The zero-order valence-corrected chi connectivity index (χ0v) is 15.3. The maximum Gasteiger partial charge on any atom is 0.322 e. The third-order valence-corrected chi connectivity index (χ3v) is 6.35. The van der Waals surface area contributed by atoms with E-state index in [1.54, 1.807) is 19.2 Å². The first-order chi connectivity index (χ1) is 11.8. The molecule has 1 fully saturated rings. The monoisotopic (exact) mass is 368 g/mol. The molecule has 1 aromatic carbocycles. The van der Waals surface area contributed by atoms with Crippen molar-refractivity contribution in [3.8, 4) is 0 Å². The second-order valence-corrected chi connectivity index (χ2v) is 8.05. The van der Waals surface area contributed by atoms with Gasteiger partial charge in [-0.25, -0.2) is 8.42 Å². The molecule has 0 spiro atoms. The number of hydrogen-bond acceptors (Lipinski definition) is 4. The number of amides is 1. The van der Waals surface area contributed by atoms with Gasteiger partial charge in [-0.3, -0.25) is 9.59 Å². The molecule has 1 saturated heterocycles. The molecule has 1 N–H and O–H groups in total. The Morgan fingerprint density at radius 3 is 2.64 bits per heavy atom. The molecule has 0 radical (unpaired) electrons. The second kappa shape index (κ2) is 7.97. The number of carbonyl (C=O) groups is 2. The highest BCUT2D eigenvalue weighted by atomic mass is 32.2. The van der Waals surface area contributed by atoms with E-state index >= 15 is 0 Å². The third kappa shape index (κ3) is 4.01. The molecule has 2 rings (SSSR count). The molecule has 1 atom stereocenters. The standard InChI is InChI=1S/C17H24N2O5S/c1-3-4-11-18(2)16(20)13-8-5-6-10-15(13)25(23,24)19-12-7-9-14(19)17(21)22/h5-6,8,10,14H,3-4,7,9,11-12H2,1-2H3,(H,21,22)/t14-/m1/s1.